The molecule has 40 heavy (non-hydrogen) atoms. The second kappa shape index (κ2) is 10.4. The maximum Gasteiger partial charge on any atom is 0.226 e. The molecule has 1 aromatic rings. The maximum atomic E-state index is 12.8. The summed E-state index contributed by atoms with van der Waals surface area (Å²) in [7, 11) is 0. The lowest BCUT2D eigenvalue weighted by atomic mass is 10.0. The van der Waals surface area contributed by atoms with Crippen LogP contribution in [-0.4, -0.2) is 79.0 Å². The van der Waals surface area contributed by atoms with E-state index in [0.717, 1.165) is 102 Å². The quantitative estimate of drug-likeness (QED) is 0.355. The summed E-state index contributed by atoms with van der Waals surface area (Å²) < 4.78 is 3.74. The molecule has 0 atom stereocenters. The molecule has 7 rings (SSSR count). The van der Waals surface area contributed by atoms with Crippen LogP contribution in [-0.2, 0) is 22.4 Å². The van der Waals surface area contributed by atoms with Crippen molar-refractivity contribution in [3.05, 3.63) is 40.7 Å². The van der Waals surface area contributed by atoms with Gasteiger partial charge in [0.15, 0.2) is 13.1 Å². The Bertz CT molecular complexity index is 1500. The van der Waals surface area contributed by atoms with E-state index in [1.165, 1.54) is 31.7 Å². The molecule has 2 saturated carbocycles. The smallest absolute Gasteiger partial charge is 0.226 e. The minimum absolute atomic E-state index is 0.273. The molecule has 0 N–H and O–H groups in total. The third-order valence-electron chi connectivity index (χ3n) is 9.27. The predicted octanol–water partition coefficient (Wildman–Crippen LogP) is 3.61. The van der Waals surface area contributed by atoms with E-state index in [-0.39, 0.29) is 11.8 Å². The fourth-order valence-corrected chi connectivity index (χ4v) is 7.69. The van der Waals surface area contributed by atoms with Crippen LogP contribution in [0.4, 0.5) is 5.69 Å². The number of rotatable bonds is 5. The van der Waals surface area contributed by atoms with Gasteiger partial charge >= 0.3 is 0 Å². The van der Waals surface area contributed by atoms with Gasteiger partial charge in [-0.05, 0) is 50.2 Å². The van der Waals surface area contributed by atoms with Crippen LogP contribution < -0.4 is 14.8 Å². The first-order chi connectivity index (χ1) is 19.6. The number of aromatic nitrogens is 1. The Labute approximate surface area is 240 Å². The largest absolute Gasteiger partial charge is 0.362 e. The van der Waals surface area contributed by atoms with Crippen LogP contribution in [0.1, 0.15) is 50.7 Å². The van der Waals surface area contributed by atoms with Gasteiger partial charge in [0.25, 0.3) is 0 Å². The molecule has 0 bridgehead atoms. The van der Waals surface area contributed by atoms with Crippen LogP contribution in [0.25, 0.3) is 20.8 Å². The van der Waals surface area contributed by atoms with Crippen molar-refractivity contribution in [2.24, 2.45) is 11.8 Å². The monoisotopic (exact) mass is 558 g/mol. The molecule has 3 heterocycles. The minimum atomic E-state index is 0.273. The average Bonchev–Trinajstić information content (AvgIpc) is 3.92. The number of hydrogen-bond acceptors (Lipinski definition) is 5. The molecule has 0 radical (unpaired) electrons. The van der Waals surface area contributed by atoms with E-state index in [9.17, 15) is 9.59 Å². The van der Waals surface area contributed by atoms with E-state index >= 15 is 0 Å². The number of anilines is 1. The number of fused-ring (bicyclic) bond motifs is 2. The van der Waals surface area contributed by atoms with Gasteiger partial charge in [-0.15, -0.1) is 11.3 Å². The lowest BCUT2D eigenvalue weighted by Gasteiger charge is -2.37. The zero-order chi connectivity index (χ0) is 27.4. The normalized spacial score (nSPS) is 20.1. The molecule has 4 fully saturated rings. The molecule has 2 saturated heterocycles. The zero-order valence-corrected chi connectivity index (χ0v) is 24.6. The average molecular weight is 559 g/mol. The van der Waals surface area contributed by atoms with Crippen molar-refractivity contribution < 1.29 is 9.59 Å². The summed E-state index contributed by atoms with van der Waals surface area (Å²) in [5.41, 5.74) is 6.16. The maximum absolute atomic E-state index is 12.8. The summed E-state index contributed by atoms with van der Waals surface area (Å²) in [6, 6.07) is 8.93. The highest BCUT2D eigenvalue weighted by Gasteiger charge is 2.38. The van der Waals surface area contributed by atoms with Crippen LogP contribution in [0, 0.1) is 11.8 Å². The van der Waals surface area contributed by atoms with E-state index in [1.807, 2.05) is 11.3 Å². The van der Waals surface area contributed by atoms with Gasteiger partial charge in [-0.3, -0.25) is 9.59 Å². The fourth-order valence-electron chi connectivity index (χ4n) is 6.59. The summed E-state index contributed by atoms with van der Waals surface area (Å²) >= 11 is 1.85. The van der Waals surface area contributed by atoms with Crippen molar-refractivity contribution >= 4 is 39.1 Å². The molecule has 0 aromatic heterocycles. The standard InChI is InChI=1S/C32H40N5O2S/c1-3-21-6-5-7-26-28(21)33-29-24(4-2)30(35-14-18-37(19-15-35)32(39)23-10-11-23)25(20-27(29)40-26)34-12-16-36(17-13-34)31(38)22-8-9-22/h5-7,20,22-23H,3-4,8-19H2,1-2H3/q+1. The van der Waals surface area contributed by atoms with Crippen molar-refractivity contribution in [1.29, 1.82) is 0 Å². The van der Waals surface area contributed by atoms with Crippen LogP contribution in [0.15, 0.2) is 24.3 Å². The summed E-state index contributed by atoms with van der Waals surface area (Å²) in [4.78, 5) is 38.8. The van der Waals surface area contributed by atoms with Crippen LogP contribution >= 0.6 is 11.3 Å². The number of carbonyl (C=O) groups is 2. The number of piperazine rings is 2. The molecular weight excluding hydrogens is 518 g/mol. The Morgan fingerprint density at radius 1 is 0.900 bits per heavy atom. The number of carbonyl (C=O) groups excluding carboxylic acids is 2. The van der Waals surface area contributed by atoms with Crippen molar-refractivity contribution in [3.8, 4) is 10.6 Å². The molecule has 210 valence electrons. The SMILES string of the molecule is CCc1c2nc3c(CC)cccc3sc-2cc(=[N+]2CCN(C(=O)C3CC3)CC2)c1N1CCN(C(=O)C2CC2)CC1. The van der Waals surface area contributed by atoms with Gasteiger partial charge < -0.3 is 14.7 Å². The van der Waals surface area contributed by atoms with E-state index < -0.39 is 0 Å². The lowest BCUT2D eigenvalue weighted by molar-refractivity contribution is -0.133. The minimum Gasteiger partial charge on any atom is -0.362 e. The third-order valence-corrected chi connectivity index (χ3v) is 10.3. The molecule has 2 amide bonds. The Morgan fingerprint density at radius 3 is 2.15 bits per heavy atom. The molecule has 3 aliphatic heterocycles. The molecule has 8 heteroatoms. The van der Waals surface area contributed by atoms with Crippen molar-refractivity contribution in [2.45, 2.75) is 52.4 Å². The lowest BCUT2D eigenvalue weighted by Crippen LogP contribution is -2.54. The summed E-state index contributed by atoms with van der Waals surface area (Å²) in [6.45, 7) is 11.0. The van der Waals surface area contributed by atoms with Crippen molar-refractivity contribution in [1.82, 2.24) is 19.4 Å². The van der Waals surface area contributed by atoms with Crippen LogP contribution in [0.5, 0.6) is 0 Å². The van der Waals surface area contributed by atoms with Crippen molar-refractivity contribution in [2.75, 3.05) is 57.3 Å². The van der Waals surface area contributed by atoms with E-state index in [1.54, 1.807) is 0 Å². The molecule has 0 unspecified atom stereocenters. The molecule has 0 spiro atoms. The second-order valence-corrected chi connectivity index (χ2v) is 13.0. The highest BCUT2D eigenvalue weighted by atomic mass is 32.1. The van der Waals surface area contributed by atoms with Gasteiger partial charge in [-0.25, -0.2) is 9.56 Å². The van der Waals surface area contributed by atoms with Gasteiger partial charge in [-0.1, -0.05) is 26.0 Å². The summed E-state index contributed by atoms with van der Waals surface area (Å²) in [6.07, 6.45) is 6.11. The second-order valence-electron chi connectivity index (χ2n) is 11.9. The Balaban J connectivity index is 1.33. The molecule has 7 nitrogen and oxygen atoms in total. The Hall–Kier alpha value is -3.00. The summed E-state index contributed by atoms with van der Waals surface area (Å²) in [5, 5.41) is 1.27. The topological polar surface area (TPSA) is 59.8 Å². The predicted molar refractivity (Wildman–Crippen MR) is 161 cm³/mol. The first-order valence-electron chi connectivity index (χ1n) is 15.3. The zero-order valence-electron chi connectivity index (χ0n) is 23.8. The fraction of sp³-hybridized carbons (Fsp3) is 0.562. The number of para-hydroxylation sites is 1. The van der Waals surface area contributed by atoms with Gasteiger partial charge in [0.1, 0.15) is 5.69 Å². The third kappa shape index (κ3) is 4.68. The van der Waals surface area contributed by atoms with Gasteiger partial charge in [0.05, 0.1) is 33.9 Å². The molecule has 6 aliphatic rings. The van der Waals surface area contributed by atoms with E-state index in [4.69, 9.17) is 4.98 Å². The highest BCUT2D eigenvalue weighted by Crippen LogP contribution is 2.38. The molecular formula is C32H40N5O2S+. The number of benzene rings is 2. The Morgan fingerprint density at radius 2 is 1.55 bits per heavy atom. The number of nitrogens with zero attached hydrogens (tertiary/aromatic N) is 5. The van der Waals surface area contributed by atoms with Gasteiger partial charge in [-0.2, -0.15) is 0 Å². The summed E-state index contributed by atoms with van der Waals surface area (Å²) in [5.74, 6) is 1.26. The molecule has 3 aliphatic carbocycles. The van der Waals surface area contributed by atoms with E-state index in [2.05, 4.69) is 57.4 Å². The molecule has 1 aromatic carbocycles. The number of amides is 2. The van der Waals surface area contributed by atoms with Crippen molar-refractivity contribution in [3.63, 3.8) is 0 Å². The first kappa shape index (κ1) is 25.9. The van der Waals surface area contributed by atoms with Crippen LogP contribution in [0.2, 0.25) is 0 Å². The first-order valence-corrected chi connectivity index (χ1v) is 16.2. The number of aryl methyl sites for hydroxylation is 1. The Kier molecular flexibility index (Phi) is 6.77. The van der Waals surface area contributed by atoms with E-state index in [0.29, 0.717) is 11.8 Å². The van der Waals surface area contributed by atoms with Crippen LogP contribution in [0.3, 0.4) is 0 Å². The van der Waals surface area contributed by atoms with Gasteiger partial charge in [0.2, 0.25) is 17.2 Å². The van der Waals surface area contributed by atoms with Gasteiger partial charge in [0, 0.05) is 49.6 Å². The highest BCUT2D eigenvalue weighted by molar-refractivity contribution is 7.21. The number of hydrogen-bond donors (Lipinski definition) is 0.